The fourth-order valence-electron chi connectivity index (χ4n) is 13.5. The van der Waals surface area contributed by atoms with Crippen molar-refractivity contribution in [3.63, 3.8) is 0 Å². The maximum absolute atomic E-state index is 13.3. The normalized spacial score (nSPS) is 11.6. The second-order valence-corrected chi connectivity index (χ2v) is 24.6. The molecule has 4 heterocycles. The van der Waals surface area contributed by atoms with Gasteiger partial charge < -0.3 is 46.9 Å². The number of aromatic amines is 1. The first-order valence-corrected chi connectivity index (χ1v) is 33.9. The van der Waals surface area contributed by atoms with Crippen molar-refractivity contribution in [3.05, 3.63) is 344 Å². The Morgan fingerprint density at radius 3 is 1.39 bits per heavy atom. The SMILES string of the molecule is COCCOCCl.COCCOCn1c2ccccc2c(=O)c2cc3c(cc21)C(=O)c1ccccc1C3.O=C1c2ccccc2Cc2cc3c(=O)c4ccccc4[nH]c3cc21.[Br-].[H-].[Mg+2].[Na+].[c-]1ccccc1.c1ccc(-c2c3ccccc3nc3cc4c(-c5ccccc5)c5ccccc5nc4cc23)cc1. The number of nitrogens with one attached hydrogen (secondary N) is 1. The van der Waals surface area contributed by atoms with Crippen LogP contribution in [0.1, 0.15) is 55.5 Å². The molecule has 0 bridgehead atoms. The number of ether oxygens (including phenoxy) is 4. The maximum atomic E-state index is 13.3. The predicted octanol–water partition coefficient (Wildman–Crippen LogP) is 12.2. The third-order valence-corrected chi connectivity index (χ3v) is 18.4. The van der Waals surface area contributed by atoms with E-state index >= 15 is 0 Å². The molecule has 0 radical (unpaired) electrons. The molecule has 12 aromatic carbocycles. The van der Waals surface area contributed by atoms with Crippen molar-refractivity contribution in [1.29, 1.82) is 0 Å². The van der Waals surface area contributed by atoms with Gasteiger partial charge in [0.25, 0.3) is 0 Å². The average molecular weight is 1470 g/mol. The van der Waals surface area contributed by atoms with Crippen molar-refractivity contribution in [2.24, 2.45) is 0 Å². The minimum absolute atomic E-state index is 0. The Hall–Kier alpha value is -9.36. The van der Waals surface area contributed by atoms with Crippen LogP contribution in [0.15, 0.2) is 283 Å². The summed E-state index contributed by atoms with van der Waals surface area (Å²) in [5.74, 6) is 0.0315. The molecular weight excluding hydrogens is 1400 g/mol. The molecule has 1 N–H and O–H groups in total. The third kappa shape index (κ3) is 16.0. The van der Waals surface area contributed by atoms with E-state index < -0.39 is 0 Å². The summed E-state index contributed by atoms with van der Waals surface area (Å²) in [6.45, 7) is 2.40. The van der Waals surface area contributed by atoms with Crippen molar-refractivity contribution < 1.29 is 76.5 Å². The van der Waals surface area contributed by atoms with E-state index in [1.807, 2.05) is 156 Å². The molecule has 2 aliphatic carbocycles. The van der Waals surface area contributed by atoms with Crippen LogP contribution in [0, 0.1) is 6.07 Å². The molecule has 18 rings (SSSR count). The van der Waals surface area contributed by atoms with Gasteiger partial charge in [0.15, 0.2) is 22.4 Å². The van der Waals surface area contributed by atoms with Crippen LogP contribution in [-0.4, -0.2) is 101 Å². The Balaban J connectivity index is 0.000000154. The number of H-pyrrole nitrogens is 1. The zero-order chi connectivity index (χ0) is 69.2. The van der Waals surface area contributed by atoms with Crippen molar-refractivity contribution in [2.75, 3.05) is 46.7 Å². The first-order valence-electron chi connectivity index (χ1n) is 33.4. The number of fused-ring (bicyclic) bond motifs is 12. The van der Waals surface area contributed by atoms with Crippen molar-refractivity contribution in [1.82, 2.24) is 19.5 Å². The Morgan fingerprint density at radius 1 is 0.413 bits per heavy atom. The van der Waals surface area contributed by atoms with Crippen LogP contribution in [-0.2, 0) is 38.5 Å². The third-order valence-electron chi connectivity index (χ3n) is 18.3. The summed E-state index contributed by atoms with van der Waals surface area (Å²) in [6.07, 6.45) is 1.32. The number of nitrogens with zero attached hydrogens (tertiary/aromatic N) is 3. The number of pyridine rings is 4. The number of halogens is 2. The number of hydrogen-bond donors (Lipinski definition) is 1. The number of benzene rings is 12. The second-order valence-electron chi connectivity index (χ2n) is 24.4. The van der Waals surface area contributed by atoms with Gasteiger partial charge in [0, 0.05) is 96.2 Å². The van der Waals surface area contributed by atoms with Crippen molar-refractivity contribution in [3.8, 4) is 22.3 Å². The molecule has 0 unspecified atom stereocenters. The van der Waals surface area contributed by atoms with E-state index in [0.717, 1.165) is 88.0 Å². The van der Waals surface area contributed by atoms with Crippen LogP contribution in [0.4, 0.5) is 0 Å². The number of hydrogen-bond acceptors (Lipinski definition) is 10. The second kappa shape index (κ2) is 35.4. The predicted molar refractivity (Wildman–Crippen MR) is 415 cm³/mol. The van der Waals surface area contributed by atoms with Crippen LogP contribution in [0.3, 0.4) is 0 Å². The van der Waals surface area contributed by atoms with Gasteiger partial charge >= 0.3 is 52.6 Å². The standard InChI is InChI=1S/C32H20N2.C25H21NO4.C21H13NO2.C6H5.C4H9ClO2.BrH.Mg.Na.H/c1-3-11-21(12-4-1)31-23-15-7-9-17-27(23)33-29-20-26-30(19-25(29)31)34-28-18-10-8-16-24(28)32(26)22-13-5-2-6-14-22;1-29-10-11-30-15-26-22-9-5-4-8-19(22)25(28)21-13-17-12-16-6-2-3-7-18(16)24(27)20(17)14-23(21)26;23-20-14-6-2-1-5-12(14)9-13-10-17-19(11-16(13)20)22-18-8-4-3-7-15(18)21(17)24;1-2-4-6-5-3-1;1-6-2-3-7-4-5;;;;/h1-20H;2-9,13-14H,10-12,15H2,1H3;1-8,10-11H,9H2,(H,22,24);1-5H;2-4H2,1H3;1H;;;/q;;;-1;;;+2;+1;-1/p-1. The minimum Gasteiger partial charge on any atom is -1.00 e. The number of carbonyl (C=O) groups excluding carboxylic acids is 2. The summed E-state index contributed by atoms with van der Waals surface area (Å²) in [7, 11) is 3.25. The number of para-hydroxylation sites is 4. The summed E-state index contributed by atoms with van der Waals surface area (Å²) in [4.78, 5) is 65.5. The van der Waals surface area contributed by atoms with Gasteiger partial charge in [-0.25, -0.2) is 9.97 Å². The fraction of sp³-hybridized carbons (Fsp3) is 0.114. The molecule has 0 saturated heterocycles. The topological polar surface area (TPSA) is 152 Å². The van der Waals surface area contributed by atoms with Crippen LogP contribution in [0.5, 0.6) is 0 Å². The summed E-state index contributed by atoms with van der Waals surface area (Å²) in [5, 5.41) is 7.12. The van der Waals surface area contributed by atoms with Crippen LogP contribution in [0.2, 0.25) is 0 Å². The van der Waals surface area contributed by atoms with E-state index in [2.05, 4.69) is 137 Å². The summed E-state index contributed by atoms with van der Waals surface area (Å²) >= 11 is 5.16. The van der Waals surface area contributed by atoms with E-state index in [0.29, 0.717) is 83.0 Å². The number of aromatic nitrogens is 4. The molecule has 0 aliphatic heterocycles. The monoisotopic (exact) mass is 1470 g/mol. The number of alkyl halides is 1. The molecule has 12 nitrogen and oxygen atoms in total. The molecule has 0 spiro atoms. The van der Waals surface area contributed by atoms with E-state index in [9.17, 15) is 19.2 Å². The van der Waals surface area contributed by atoms with Crippen LogP contribution in [0.25, 0.3) is 109 Å². The molecule has 0 atom stereocenters. The number of rotatable bonds is 11. The van der Waals surface area contributed by atoms with Gasteiger partial charge in [0.05, 0.1) is 65.0 Å². The number of methoxy groups -OCH3 is 2. The molecule has 506 valence electrons. The zero-order valence-corrected chi connectivity index (χ0v) is 63.5. The molecule has 16 aromatic rings. The van der Waals surface area contributed by atoms with Crippen LogP contribution >= 0.6 is 11.6 Å². The molecular formula is C88H69BrClMgN4NaO8. The Kier molecular flexibility index (Phi) is 25.8. The number of carbonyl (C=O) groups is 2. The fourth-order valence-corrected chi connectivity index (χ4v) is 13.6. The van der Waals surface area contributed by atoms with E-state index in [1.54, 1.807) is 14.2 Å². The quantitative estimate of drug-likeness (QED) is 0.0435. The van der Waals surface area contributed by atoms with Gasteiger partial charge in [-0.3, -0.25) is 19.2 Å². The van der Waals surface area contributed by atoms with Gasteiger partial charge in [0.1, 0.15) is 12.8 Å². The largest absolute Gasteiger partial charge is 2.00 e. The summed E-state index contributed by atoms with van der Waals surface area (Å²) in [6, 6.07) is 93.0. The molecule has 4 aromatic heterocycles. The van der Waals surface area contributed by atoms with Gasteiger partial charge in [0.2, 0.25) is 0 Å². The van der Waals surface area contributed by atoms with Crippen molar-refractivity contribution >= 4 is 133 Å². The summed E-state index contributed by atoms with van der Waals surface area (Å²) < 4.78 is 22.2. The molecule has 0 saturated carbocycles. The van der Waals surface area contributed by atoms with Gasteiger partial charge in [-0.2, -0.15) is 36.4 Å². The molecule has 2 aliphatic rings. The summed E-state index contributed by atoms with van der Waals surface area (Å²) in [5.41, 5.74) is 18.4. The van der Waals surface area contributed by atoms with E-state index in [-0.39, 0.29) is 106 Å². The smallest absolute Gasteiger partial charge is 1.00 e. The minimum atomic E-state index is -0.0251. The molecule has 0 fully saturated rings. The number of ketones is 2. The maximum Gasteiger partial charge on any atom is 2.00 e. The average Bonchev–Trinajstić information content (AvgIpc) is 0.691. The van der Waals surface area contributed by atoms with Gasteiger partial charge in [-0.15, -0.1) is 0 Å². The molecule has 104 heavy (non-hydrogen) atoms. The Morgan fingerprint density at radius 2 is 0.865 bits per heavy atom. The van der Waals surface area contributed by atoms with E-state index in [1.165, 1.54) is 22.3 Å². The Labute approximate surface area is 656 Å². The first-order chi connectivity index (χ1) is 49.7. The zero-order valence-electron chi connectivity index (χ0n) is 58.7. The first kappa shape index (κ1) is 75.8. The van der Waals surface area contributed by atoms with Crippen molar-refractivity contribution in [2.45, 2.75) is 19.6 Å². The van der Waals surface area contributed by atoms with Gasteiger partial charge in [-0.05, 0) is 119 Å². The van der Waals surface area contributed by atoms with E-state index in [4.69, 9.17) is 35.8 Å². The van der Waals surface area contributed by atoms with Gasteiger partial charge in [-0.1, -0.05) is 181 Å². The Bertz CT molecular complexity index is 5750. The van der Waals surface area contributed by atoms with Crippen LogP contribution < -0.4 is 57.4 Å². The molecule has 0 amide bonds. The molecule has 16 heteroatoms.